The number of carbonyl (C=O) groups excluding carboxylic acids is 1. The van der Waals surface area contributed by atoms with Gasteiger partial charge >= 0.3 is 0 Å². The fourth-order valence-electron chi connectivity index (χ4n) is 1.49. The normalized spacial score (nSPS) is 17.7. The first kappa shape index (κ1) is 9.14. The molecule has 0 saturated heterocycles. The Labute approximate surface area is 81.2 Å². The number of aromatic nitrogens is 1. The Hall–Kier alpha value is -1.43. The Morgan fingerprint density at radius 2 is 2.00 bits per heavy atom. The van der Waals surface area contributed by atoms with E-state index < -0.39 is 15.9 Å². The van der Waals surface area contributed by atoms with Crippen LogP contribution < -0.4 is 4.72 Å². The first-order valence-corrected chi connectivity index (χ1v) is 5.45. The highest BCUT2D eigenvalue weighted by molar-refractivity contribution is 7.90. The topological polar surface area (TPSA) is 76.1 Å². The van der Waals surface area contributed by atoms with Gasteiger partial charge in [-0.25, -0.2) is 9.71 Å². The predicted octanol–water partition coefficient (Wildman–Crippen LogP) is 0.131. The minimum Gasteiger partial charge on any atom is -0.268 e. The largest absolute Gasteiger partial charge is 0.282 e. The summed E-state index contributed by atoms with van der Waals surface area (Å²) in [4.78, 5) is 15.1. The third-order valence-corrected chi connectivity index (χ3v) is 3.28. The molecule has 1 amide bonds. The van der Waals surface area contributed by atoms with Crippen molar-refractivity contribution < 1.29 is 13.2 Å². The monoisotopic (exact) mass is 212 g/mol. The van der Waals surface area contributed by atoms with E-state index in [0.717, 1.165) is 0 Å². The van der Waals surface area contributed by atoms with Crippen LogP contribution in [0.4, 0.5) is 0 Å². The van der Waals surface area contributed by atoms with Crippen molar-refractivity contribution in [3.05, 3.63) is 22.9 Å². The second kappa shape index (κ2) is 2.54. The number of amides is 1. The summed E-state index contributed by atoms with van der Waals surface area (Å²) >= 11 is 0. The van der Waals surface area contributed by atoms with Crippen molar-refractivity contribution >= 4 is 15.9 Å². The van der Waals surface area contributed by atoms with E-state index in [4.69, 9.17) is 0 Å². The number of sulfonamides is 1. The number of aryl methyl sites for hydroxylation is 2. The zero-order valence-electron chi connectivity index (χ0n) is 7.66. The first-order valence-electron chi connectivity index (χ1n) is 3.97. The number of carbonyl (C=O) groups is 1. The summed E-state index contributed by atoms with van der Waals surface area (Å²) in [5.74, 6) is -0.593. The molecule has 14 heavy (non-hydrogen) atoms. The second-order valence-corrected chi connectivity index (χ2v) is 4.79. The summed E-state index contributed by atoms with van der Waals surface area (Å²) in [5, 5.41) is -0.153. The van der Waals surface area contributed by atoms with Crippen molar-refractivity contribution in [3.63, 3.8) is 0 Å². The molecule has 2 rings (SSSR count). The van der Waals surface area contributed by atoms with Gasteiger partial charge in [-0.3, -0.25) is 4.79 Å². The quantitative estimate of drug-likeness (QED) is 0.663. The van der Waals surface area contributed by atoms with Crippen LogP contribution >= 0.6 is 0 Å². The molecule has 0 atom stereocenters. The zero-order chi connectivity index (χ0) is 10.5. The fraction of sp³-hybridized carbons (Fsp3) is 0.250. The van der Waals surface area contributed by atoms with Gasteiger partial charge in [-0.1, -0.05) is 0 Å². The Bertz CT molecular complexity index is 534. The van der Waals surface area contributed by atoms with Crippen LogP contribution in [-0.2, 0) is 10.0 Å². The number of pyridine rings is 1. The molecule has 0 fully saturated rings. The summed E-state index contributed by atoms with van der Waals surface area (Å²) in [6, 6.07) is 1.68. The van der Waals surface area contributed by atoms with Gasteiger partial charge in [0.2, 0.25) is 0 Å². The van der Waals surface area contributed by atoms with Crippen LogP contribution in [0.1, 0.15) is 21.6 Å². The summed E-state index contributed by atoms with van der Waals surface area (Å²) < 4.78 is 24.6. The predicted molar refractivity (Wildman–Crippen MR) is 48.4 cm³/mol. The number of nitrogens with zero attached hydrogens (tertiary/aromatic N) is 1. The second-order valence-electron chi connectivity index (χ2n) is 3.20. The van der Waals surface area contributed by atoms with Crippen LogP contribution in [0.15, 0.2) is 11.1 Å². The lowest BCUT2D eigenvalue weighted by atomic mass is 10.1. The molecule has 1 aliphatic rings. The molecule has 1 aromatic heterocycles. The van der Waals surface area contributed by atoms with Crippen LogP contribution in [-0.4, -0.2) is 19.3 Å². The average Bonchev–Trinajstić information content (AvgIpc) is 2.21. The van der Waals surface area contributed by atoms with E-state index in [2.05, 4.69) is 4.98 Å². The number of fused-ring (bicyclic) bond motifs is 1. The number of rotatable bonds is 0. The highest BCUT2D eigenvalue weighted by atomic mass is 32.2. The van der Waals surface area contributed by atoms with Gasteiger partial charge < -0.3 is 0 Å². The molecule has 0 spiro atoms. The van der Waals surface area contributed by atoms with E-state index >= 15 is 0 Å². The van der Waals surface area contributed by atoms with Gasteiger partial charge in [0.1, 0.15) is 0 Å². The van der Waals surface area contributed by atoms with Crippen molar-refractivity contribution in [1.82, 2.24) is 9.71 Å². The molecule has 2 heterocycles. The maximum Gasteiger partial charge on any atom is 0.282 e. The smallest absolute Gasteiger partial charge is 0.268 e. The van der Waals surface area contributed by atoms with Crippen molar-refractivity contribution in [2.75, 3.05) is 0 Å². The summed E-state index contributed by atoms with van der Waals surface area (Å²) in [6.45, 7) is 3.37. The molecule has 0 saturated carbocycles. The lowest BCUT2D eigenvalue weighted by Crippen LogP contribution is -2.21. The molecule has 6 heteroatoms. The molecule has 5 nitrogen and oxygen atoms in total. The van der Waals surface area contributed by atoms with Crippen LogP contribution in [0.2, 0.25) is 0 Å². The van der Waals surface area contributed by atoms with Crippen LogP contribution in [0.3, 0.4) is 0 Å². The van der Waals surface area contributed by atoms with E-state index in [0.29, 0.717) is 11.3 Å². The van der Waals surface area contributed by atoms with Gasteiger partial charge in [-0.2, -0.15) is 8.42 Å². The zero-order valence-corrected chi connectivity index (χ0v) is 8.47. The standard InChI is InChI=1S/C8H8N2O3S/c1-4-3-5(2)9-8-6(4)7(11)10-14(8,12)13/h3H,1-2H3,(H,10,11). The highest BCUT2D eigenvalue weighted by Gasteiger charge is 2.35. The van der Waals surface area contributed by atoms with Crippen LogP contribution in [0, 0.1) is 13.8 Å². The van der Waals surface area contributed by atoms with Gasteiger partial charge in [-0.05, 0) is 25.5 Å². The molecule has 1 N–H and O–H groups in total. The fourth-order valence-corrected chi connectivity index (χ4v) is 2.72. The molecule has 0 radical (unpaired) electrons. The number of nitrogens with one attached hydrogen (secondary N) is 1. The van der Waals surface area contributed by atoms with Gasteiger partial charge in [-0.15, -0.1) is 0 Å². The lowest BCUT2D eigenvalue weighted by Gasteiger charge is -2.00. The molecular formula is C8H8N2O3S. The molecule has 1 aromatic rings. The molecule has 0 unspecified atom stereocenters. The Kier molecular flexibility index (Phi) is 1.66. The third kappa shape index (κ3) is 1.11. The third-order valence-electron chi connectivity index (χ3n) is 2.02. The highest BCUT2D eigenvalue weighted by Crippen LogP contribution is 2.23. The number of hydrogen-bond donors (Lipinski definition) is 1. The van der Waals surface area contributed by atoms with Gasteiger partial charge in [0, 0.05) is 5.69 Å². The van der Waals surface area contributed by atoms with E-state index in [1.165, 1.54) is 0 Å². The summed E-state index contributed by atoms with van der Waals surface area (Å²) in [7, 11) is -3.71. The van der Waals surface area contributed by atoms with E-state index in [9.17, 15) is 13.2 Å². The molecule has 0 aliphatic carbocycles. The van der Waals surface area contributed by atoms with Crippen molar-refractivity contribution in [2.45, 2.75) is 18.9 Å². The Morgan fingerprint density at radius 1 is 1.36 bits per heavy atom. The molecule has 0 aromatic carbocycles. The average molecular weight is 212 g/mol. The Balaban J connectivity index is 2.89. The van der Waals surface area contributed by atoms with E-state index in [-0.39, 0.29) is 10.6 Å². The number of hydrogen-bond acceptors (Lipinski definition) is 4. The van der Waals surface area contributed by atoms with Crippen molar-refractivity contribution in [1.29, 1.82) is 0 Å². The molecule has 0 bridgehead atoms. The molecule has 1 aliphatic heterocycles. The van der Waals surface area contributed by atoms with Crippen LogP contribution in [0.5, 0.6) is 0 Å². The van der Waals surface area contributed by atoms with Crippen molar-refractivity contribution in [2.24, 2.45) is 0 Å². The van der Waals surface area contributed by atoms with Gasteiger partial charge in [0.25, 0.3) is 15.9 Å². The van der Waals surface area contributed by atoms with E-state index in [1.807, 2.05) is 4.72 Å². The first-order chi connectivity index (χ1) is 6.42. The minimum absolute atomic E-state index is 0.153. The lowest BCUT2D eigenvalue weighted by molar-refractivity contribution is 0.0984. The van der Waals surface area contributed by atoms with Gasteiger partial charge in [0.05, 0.1) is 5.56 Å². The SMILES string of the molecule is Cc1cc(C)c2c(n1)S(=O)(=O)NC2=O. The summed E-state index contributed by atoms with van der Waals surface area (Å²) in [5.41, 5.74) is 1.38. The molecular weight excluding hydrogens is 204 g/mol. The van der Waals surface area contributed by atoms with Gasteiger partial charge in [0.15, 0.2) is 5.03 Å². The van der Waals surface area contributed by atoms with E-state index in [1.54, 1.807) is 19.9 Å². The maximum absolute atomic E-state index is 11.4. The van der Waals surface area contributed by atoms with Crippen molar-refractivity contribution in [3.8, 4) is 0 Å². The minimum atomic E-state index is -3.71. The maximum atomic E-state index is 11.4. The Morgan fingerprint density at radius 3 is 2.64 bits per heavy atom. The summed E-state index contributed by atoms with van der Waals surface area (Å²) in [6.07, 6.45) is 0. The molecule has 74 valence electrons. The van der Waals surface area contributed by atoms with Crippen LogP contribution in [0.25, 0.3) is 0 Å².